The van der Waals surface area contributed by atoms with Crippen molar-refractivity contribution in [1.82, 2.24) is 9.97 Å². The van der Waals surface area contributed by atoms with Crippen LogP contribution in [-0.2, 0) is 22.5 Å². The van der Waals surface area contributed by atoms with E-state index in [1.807, 2.05) is 36.4 Å². The van der Waals surface area contributed by atoms with Gasteiger partial charge in [0.2, 0.25) is 0 Å². The van der Waals surface area contributed by atoms with Gasteiger partial charge in [0, 0.05) is 17.0 Å². The molecule has 3 rings (SSSR count). The molecule has 2 aromatic heterocycles. The third kappa shape index (κ3) is 7.98. The van der Waals surface area contributed by atoms with Crippen molar-refractivity contribution < 1.29 is 32.7 Å². The molecule has 0 atom stereocenters. The Morgan fingerprint density at radius 3 is 1.85 bits per heavy atom. The maximum Gasteiger partial charge on any atom is 2.00 e. The molecular formula is C12H13CuN6O7+. The van der Waals surface area contributed by atoms with Crippen molar-refractivity contribution in [2.45, 2.75) is 0 Å². The van der Waals surface area contributed by atoms with E-state index < -0.39 is 10.2 Å². The number of aromatic nitrogens is 2. The standard InChI is InChI=1S/C12H10N4.Cu.2NO3.H2O/c13-16-10-6-5-9-4-3-8-2-1-7-14-11(8)12(9)15-10;;2*2-1(3)4;/h1-7H,13H2,(H,15,16);;;;1H2/q;+2;2*-1;/p+1. The van der Waals surface area contributed by atoms with Gasteiger partial charge < -0.3 is 41.5 Å². The summed E-state index contributed by atoms with van der Waals surface area (Å²) >= 11 is 0. The van der Waals surface area contributed by atoms with Crippen LogP contribution >= 0.6 is 0 Å². The second-order valence-electron chi connectivity index (χ2n) is 4.00. The number of nitrogens with two attached hydrogens (primary N) is 1. The van der Waals surface area contributed by atoms with Gasteiger partial charge in [0.15, 0.2) is 0 Å². The third-order valence-electron chi connectivity index (χ3n) is 2.58. The van der Waals surface area contributed by atoms with E-state index >= 15 is 0 Å². The predicted molar refractivity (Wildman–Crippen MR) is 90.4 cm³/mol. The molecule has 1 radical (unpaired) electrons. The molecule has 0 aliphatic heterocycles. The molecule has 0 amide bonds. The van der Waals surface area contributed by atoms with E-state index in [9.17, 15) is 0 Å². The fourth-order valence-corrected chi connectivity index (χ4v) is 1.80. The molecule has 0 aliphatic carbocycles. The number of nitrogen functional groups attached to an aromatic ring is 1. The second-order valence-corrected chi connectivity index (χ2v) is 4.00. The van der Waals surface area contributed by atoms with Crippen LogP contribution in [0.1, 0.15) is 0 Å². The summed E-state index contributed by atoms with van der Waals surface area (Å²) in [5, 5.41) is 31.6. The zero-order valence-electron chi connectivity index (χ0n) is 12.7. The Balaban J connectivity index is 0. The van der Waals surface area contributed by atoms with E-state index in [4.69, 9.17) is 36.5 Å². The number of hydrazine groups is 1. The first-order valence-electron chi connectivity index (χ1n) is 6.09. The van der Waals surface area contributed by atoms with Gasteiger partial charge in [-0.05, 0) is 18.2 Å². The van der Waals surface area contributed by atoms with Crippen LogP contribution in [0.5, 0.6) is 0 Å². The number of hydrogen-bond acceptors (Lipinski definition) is 10. The summed E-state index contributed by atoms with van der Waals surface area (Å²) in [6.07, 6.45) is 1.77. The average Bonchev–Trinajstić information content (AvgIpc) is 2.53. The summed E-state index contributed by atoms with van der Waals surface area (Å²) in [7, 11) is 0. The summed E-state index contributed by atoms with van der Waals surface area (Å²) in [6.45, 7) is 0. The van der Waals surface area contributed by atoms with Crippen molar-refractivity contribution in [3.8, 4) is 0 Å². The molecule has 0 saturated heterocycles. The Bertz CT molecular complexity index is 846. The Morgan fingerprint density at radius 2 is 1.35 bits per heavy atom. The summed E-state index contributed by atoms with van der Waals surface area (Å²) in [6, 6.07) is 11.8. The molecule has 13 nitrogen and oxygen atoms in total. The van der Waals surface area contributed by atoms with E-state index in [2.05, 4.69) is 15.4 Å². The molecule has 2 heterocycles. The minimum atomic E-state index is -1.75. The number of hydrogen-bond donors (Lipinski definition) is 2. The zero-order valence-corrected chi connectivity index (χ0v) is 13.7. The van der Waals surface area contributed by atoms with Crippen molar-refractivity contribution in [1.29, 1.82) is 0 Å². The van der Waals surface area contributed by atoms with Gasteiger partial charge in [-0.15, -0.1) is 0 Å². The Morgan fingerprint density at radius 1 is 0.885 bits per heavy atom. The summed E-state index contributed by atoms with van der Waals surface area (Å²) in [5.74, 6) is 6.00. The summed E-state index contributed by atoms with van der Waals surface area (Å²) in [4.78, 5) is 25.3. The molecule has 0 fully saturated rings. The molecule has 0 aliphatic rings. The van der Waals surface area contributed by atoms with Crippen LogP contribution in [0.15, 0.2) is 42.6 Å². The van der Waals surface area contributed by atoms with Gasteiger partial charge in [-0.25, -0.2) is 10.8 Å². The second kappa shape index (κ2) is 12.1. The van der Waals surface area contributed by atoms with Crippen molar-refractivity contribution >= 4 is 27.6 Å². The number of anilines is 1. The van der Waals surface area contributed by atoms with Crippen LogP contribution in [0.25, 0.3) is 21.8 Å². The molecule has 0 spiro atoms. The van der Waals surface area contributed by atoms with Crippen LogP contribution in [0.2, 0.25) is 0 Å². The summed E-state index contributed by atoms with van der Waals surface area (Å²) in [5.41, 5.74) is 4.31. The van der Waals surface area contributed by atoms with E-state index in [1.165, 1.54) is 0 Å². The first-order chi connectivity index (χ1) is 11.3. The van der Waals surface area contributed by atoms with Crippen LogP contribution in [0.3, 0.4) is 0 Å². The molecule has 6 N–H and O–H groups in total. The number of rotatable bonds is 1. The maximum atomic E-state index is 8.25. The first-order valence-corrected chi connectivity index (χ1v) is 6.09. The van der Waals surface area contributed by atoms with E-state index in [-0.39, 0.29) is 22.5 Å². The largest absolute Gasteiger partial charge is 2.00 e. The Labute approximate surface area is 155 Å². The van der Waals surface area contributed by atoms with Crippen molar-refractivity contribution in [2.24, 2.45) is 5.84 Å². The van der Waals surface area contributed by atoms with Gasteiger partial charge in [-0.1, -0.05) is 18.2 Å². The molecule has 0 saturated carbocycles. The van der Waals surface area contributed by atoms with Crippen LogP contribution in [0, 0.1) is 30.6 Å². The van der Waals surface area contributed by atoms with Crippen LogP contribution < -0.4 is 11.3 Å². The molecule has 1 aromatic carbocycles. The number of pyridine rings is 2. The van der Waals surface area contributed by atoms with E-state index in [0.717, 1.165) is 21.8 Å². The normalized spacial score (nSPS) is 8.50. The van der Waals surface area contributed by atoms with Crippen LogP contribution in [-0.4, -0.2) is 20.1 Å². The third-order valence-corrected chi connectivity index (χ3v) is 2.58. The van der Waals surface area contributed by atoms with Gasteiger partial charge in [0.25, 0.3) is 0 Å². The predicted octanol–water partition coefficient (Wildman–Crippen LogP) is 0.666. The van der Waals surface area contributed by atoms with Crippen molar-refractivity contribution in [2.75, 3.05) is 5.43 Å². The topological polar surface area (TPSA) is 229 Å². The first kappa shape index (κ1) is 24.9. The summed E-state index contributed by atoms with van der Waals surface area (Å²) < 4.78 is 0. The molecule has 3 aromatic rings. The van der Waals surface area contributed by atoms with Gasteiger partial charge in [-0.2, -0.15) is 0 Å². The monoisotopic (exact) mass is 416 g/mol. The van der Waals surface area contributed by atoms with Gasteiger partial charge >= 0.3 is 17.1 Å². The maximum absolute atomic E-state index is 8.25. The SMILES string of the molecule is NNc1ccc2ccc3cccnc3c2n1.O=[N+]([O-])[O-].O=[N+]([O-])[O-].[Cu+2].[OH3+]. The fourth-order valence-electron chi connectivity index (χ4n) is 1.80. The van der Waals surface area contributed by atoms with Crippen molar-refractivity contribution in [3.63, 3.8) is 0 Å². The van der Waals surface area contributed by atoms with E-state index in [0.29, 0.717) is 5.82 Å². The Kier molecular flexibility index (Phi) is 11.6. The average molecular weight is 417 g/mol. The van der Waals surface area contributed by atoms with Gasteiger partial charge in [0.05, 0.1) is 21.2 Å². The minimum absolute atomic E-state index is 0. The molecule has 143 valence electrons. The quantitative estimate of drug-likeness (QED) is 0.140. The minimum Gasteiger partial charge on any atom is -0.457 e. The Hall–Kier alpha value is -3.32. The fraction of sp³-hybridized carbons (Fsp3) is 0. The van der Waals surface area contributed by atoms with Gasteiger partial charge in [0.1, 0.15) is 5.82 Å². The number of nitrogens with one attached hydrogen (secondary N) is 1. The van der Waals surface area contributed by atoms with Crippen molar-refractivity contribution in [3.05, 3.63) is 73.2 Å². The molecule has 14 heteroatoms. The number of benzene rings is 1. The van der Waals surface area contributed by atoms with Crippen LogP contribution in [0.4, 0.5) is 5.82 Å². The number of fused-ring (bicyclic) bond motifs is 3. The smallest absolute Gasteiger partial charge is 0.457 e. The zero-order chi connectivity index (χ0) is 18.1. The van der Waals surface area contributed by atoms with E-state index in [1.54, 1.807) is 6.20 Å². The molecule has 26 heavy (non-hydrogen) atoms. The molecule has 0 bridgehead atoms. The van der Waals surface area contributed by atoms with Gasteiger partial charge in [-0.3, -0.25) is 4.98 Å². The molecular weight excluding hydrogens is 404 g/mol. The molecule has 0 unspecified atom stereocenters. The number of nitrogens with zero attached hydrogens (tertiary/aromatic N) is 4.